The van der Waals surface area contributed by atoms with Gasteiger partial charge in [0.1, 0.15) is 0 Å². The van der Waals surface area contributed by atoms with E-state index in [1.54, 1.807) is 7.11 Å². The quantitative estimate of drug-likeness (QED) is 0.866. The molecule has 3 rings (SSSR count). The van der Waals surface area contributed by atoms with Gasteiger partial charge in [0.05, 0.1) is 12.8 Å². The van der Waals surface area contributed by atoms with Gasteiger partial charge < -0.3 is 15.4 Å². The van der Waals surface area contributed by atoms with E-state index in [9.17, 15) is 0 Å². The van der Waals surface area contributed by atoms with Crippen molar-refractivity contribution in [1.29, 1.82) is 0 Å². The van der Waals surface area contributed by atoms with Crippen molar-refractivity contribution in [1.82, 2.24) is 4.98 Å². The van der Waals surface area contributed by atoms with Gasteiger partial charge in [-0.3, -0.25) is 0 Å². The van der Waals surface area contributed by atoms with E-state index in [1.165, 1.54) is 5.56 Å². The van der Waals surface area contributed by atoms with Gasteiger partial charge in [0.25, 0.3) is 0 Å². The lowest BCUT2D eigenvalue weighted by Gasteiger charge is -2.14. The number of rotatable bonds is 2. The Bertz CT molecular complexity index is 557. The molecule has 4 heteroatoms. The van der Waals surface area contributed by atoms with Crippen molar-refractivity contribution in [3.63, 3.8) is 0 Å². The predicted molar refractivity (Wildman–Crippen MR) is 77.0 cm³/mol. The number of nitrogens with one attached hydrogen (secondary N) is 2. The van der Waals surface area contributed by atoms with Crippen LogP contribution >= 0.6 is 0 Å². The maximum atomic E-state index is 5.15. The molecule has 1 aliphatic rings. The number of methoxy groups -OCH3 is 1. The molecule has 4 nitrogen and oxygen atoms in total. The lowest BCUT2D eigenvalue weighted by atomic mass is 9.99. The van der Waals surface area contributed by atoms with Crippen molar-refractivity contribution in [2.45, 2.75) is 5.92 Å². The Labute approximate surface area is 112 Å². The number of aromatic nitrogens is 1. The summed E-state index contributed by atoms with van der Waals surface area (Å²) in [5.74, 6) is 1.92. The van der Waals surface area contributed by atoms with Gasteiger partial charge in [-0.1, -0.05) is 30.3 Å². The molecule has 0 saturated heterocycles. The monoisotopic (exact) mass is 255 g/mol. The van der Waals surface area contributed by atoms with Crippen LogP contribution in [0.2, 0.25) is 0 Å². The first-order chi connectivity index (χ1) is 9.36. The smallest absolute Gasteiger partial charge is 0.215 e. The van der Waals surface area contributed by atoms with Crippen LogP contribution < -0.4 is 15.4 Å². The number of anilines is 2. The van der Waals surface area contributed by atoms with Crippen molar-refractivity contribution in [2.75, 3.05) is 30.8 Å². The molecule has 0 radical (unpaired) electrons. The summed E-state index contributed by atoms with van der Waals surface area (Å²) >= 11 is 0. The fourth-order valence-corrected chi connectivity index (χ4v) is 2.32. The Hall–Kier alpha value is -2.23. The van der Waals surface area contributed by atoms with E-state index in [0.717, 1.165) is 24.6 Å². The summed E-state index contributed by atoms with van der Waals surface area (Å²) in [7, 11) is 1.63. The summed E-state index contributed by atoms with van der Waals surface area (Å²) in [5, 5.41) is 6.84. The SMILES string of the molecule is COc1ccc2c(n1)NCC(c1ccccc1)CN2. The average Bonchev–Trinajstić information content (AvgIpc) is 2.70. The largest absolute Gasteiger partial charge is 0.481 e. The second kappa shape index (κ2) is 5.18. The third-order valence-electron chi connectivity index (χ3n) is 3.40. The van der Waals surface area contributed by atoms with Crippen LogP contribution in [0.15, 0.2) is 42.5 Å². The number of hydrogen-bond donors (Lipinski definition) is 2. The molecule has 1 aliphatic heterocycles. The molecule has 0 spiro atoms. The second-order valence-electron chi connectivity index (χ2n) is 4.62. The van der Waals surface area contributed by atoms with Gasteiger partial charge >= 0.3 is 0 Å². The molecule has 19 heavy (non-hydrogen) atoms. The van der Waals surface area contributed by atoms with Crippen molar-refractivity contribution in [2.24, 2.45) is 0 Å². The molecule has 1 atom stereocenters. The fraction of sp³-hybridized carbons (Fsp3) is 0.267. The molecule has 2 aromatic rings. The summed E-state index contributed by atoms with van der Waals surface area (Å²) < 4.78 is 5.15. The van der Waals surface area contributed by atoms with Gasteiger partial charge in [0.15, 0.2) is 5.82 Å². The second-order valence-corrected chi connectivity index (χ2v) is 4.62. The Morgan fingerprint density at radius 1 is 1.05 bits per heavy atom. The van der Waals surface area contributed by atoms with E-state index in [1.807, 2.05) is 18.2 Å². The minimum atomic E-state index is 0.432. The van der Waals surface area contributed by atoms with Crippen LogP contribution in [0.5, 0.6) is 5.88 Å². The molecule has 1 aromatic heterocycles. The maximum Gasteiger partial charge on any atom is 0.215 e. The summed E-state index contributed by atoms with van der Waals surface area (Å²) in [5.41, 5.74) is 2.36. The summed E-state index contributed by atoms with van der Waals surface area (Å²) in [6, 6.07) is 14.4. The standard InChI is InChI=1S/C15H17N3O/c1-19-14-8-7-13-15(18-14)17-10-12(9-16-13)11-5-3-2-4-6-11/h2-8,12,16H,9-10H2,1H3,(H,17,18). The fourth-order valence-electron chi connectivity index (χ4n) is 2.32. The van der Waals surface area contributed by atoms with Crippen LogP contribution in [0.4, 0.5) is 11.5 Å². The summed E-state index contributed by atoms with van der Waals surface area (Å²) in [4.78, 5) is 4.42. The Morgan fingerprint density at radius 2 is 1.84 bits per heavy atom. The molecular formula is C15H17N3O. The van der Waals surface area contributed by atoms with E-state index >= 15 is 0 Å². The molecular weight excluding hydrogens is 238 g/mol. The van der Waals surface area contributed by atoms with Gasteiger partial charge in [-0.15, -0.1) is 0 Å². The molecule has 0 saturated carbocycles. The number of pyridine rings is 1. The van der Waals surface area contributed by atoms with Crippen molar-refractivity contribution in [3.8, 4) is 5.88 Å². The van der Waals surface area contributed by atoms with Crippen LogP contribution in [-0.2, 0) is 0 Å². The lowest BCUT2D eigenvalue weighted by molar-refractivity contribution is 0.398. The number of hydrogen-bond acceptors (Lipinski definition) is 4. The van der Waals surface area contributed by atoms with Crippen LogP contribution in [0.3, 0.4) is 0 Å². The first-order valence-electron chi connectivity index (χ1n) is 6.44. The van der Waals surface area contributed by atoms with Gasteiger partial charge in [0.2, 0.25) is 5.88 Å². The van der Waals surface area contributed by atoms with Crippen molar-refractivity contribution >= 4 is 11.5 Å². The van der Waals surface area contributed by atoms with Crippen LogP contribution in [0, 0.1) is 0 Å². The van der Waals surface area contributed by atoms with Gasteiger partial charge in [0, 0.05) is 25.1 Å². The Kier molecular flexibility index (Phi) is 3.23. The van der Waals surface area contributed by atoms with Gasteiger partial charge in [-0.05, 0) is 11.6 Å². The Balaban J connectivity index is 1.81. The van der Waals surface area contributed by atoms with E-state index in [-0.39, 0.29) is 0 Å². The van der Waals surface area contributed by atoms with E-state index in [2.05, 4.69) is 39.9 Å². The highest BCUT2D eigenvalue weighted by molar-refractivity contribution is 5.66. The Morgan fingerprint density at radius 3 is 2.63 bits per heavy atom. The minimum Gasteiger partial charge on any atom is -0.481 e. The molecule has 0 fully saturated rings. The lowest BCUT2D eigenvalue weighted by Crippen LogP contribution is -2.16. The van der Waals surface area contributed by atoms with Gasteiger partial charge in [-0.2, -0.15) is 4.98 Å². The zero-order valence-corrected chi connectivity index (χ0v) is 10.9. The molecule has 0 aliphatic carbocycles. The predicted octanol–water partition coefficient (Wildman–Crippen LogP) is 2.71. The molecule has 2 N–H and O–H groups in total. The van der Waals surface area contributed by atoms with Crippen LogP contribution in [0.1, 0.15) is 11.5 Å². The van der Waals surface area contributed by atoms with E-state index < -0.39 is 0 Å². The molecule has 98 valence electrons. The average molecular weight is 255 g/mol. The first-order valence-corrected chi connectivity index (χ1v) is 6.44. The summed E-state index contributed by atoms with van der Waals surface area (Å²) in [6.45, 7) is 1.77. The molecule has 0 amide bonds. The maximum absolute atomic E-state index is 5.15. The summed E-state index contributed by atoms with van der Waals surface area (Å²) in [6.07, 6.45) is 0. The number of fused-ring (bicyclic) bond motifs is 1. The number of nitrogens with zero attached hydrogens (tertiary/aromatic N) is 1. The molecule has 0 bridgehead atoms. The molecule has 2 heterocycles. The highest BCUT2D eigenvalue weighted by Gasteiger charge is 2.17. The topological polar surface area (TPSA) is 46.2 Å². The number of ether oxygens (including phenoxy) is 1. The van der Waals surface area contributed by atoms with Crippen LogP contribution in [0.25, 0.3) is 0 Å². The first kappa shape index (κ1) is 11.8. The van der Waals surface area contributed by atoms with Crippen molar-refractivity contribution < 1.29 is 4.74 Å². The normalized spacial score (nSPS) is 17.6. The third kappa shape index (κ3) is 2.47. The molecule has 1 unspecified atom stereocenters. The zero-order valence-electron chi connectivity index (χ0n) is 10.9. The molecule has 1 aromatic carbocycles. The van der Waals surface area contributed by atoms with Gasteiger partial charge in [-0.25, -0.2) is 0 Å². The van der Waals surface area contributed by atoms with E-state index in [4.69, 9.17) is 4.74 Å². The van der Waals surface area contributed by atoms with E-state index in [0.29, 0.717) is 11.8 Å². The number of benzene rings is 1. The minimum absolute atomic E-state index is 0.432. The van der Waals surface area contributed by atoms with Crippen molar-refractivity contribution in [3.05, 3.63) is 48.0 Å². The van der Waals surface area contributed by atoms with Crippen LogP contribution in [-0.4, -0.2) is 25.2 Å². The zero-order chi connectivity index (χ0) is 13.1. The third-order valence-corrected chi connectivity index (χ3v) is 3.40. The highest BCUT2D eigenvalue weighted by Crippen LogP contribution is 2.28. The highest BCUT2D eigenvalue weighted by atomic mass is 16.5.